The third-order valence-electron chi connectivity index (χ3n) is 1.44. The molecule has 0 saturated carbocycles. The lowest BCUT2D eigenvalue weighted by atomic mass is 10.3. The third kappa shape index (κ3) is 1.46. The highest BCUT2D eigenvalue weighted by molar-refractivity contribution is 6.30. The van der Waals surface area contributed by atoms with Gasteiger partial charge in [0.15, 0.2) is 0 Å². The van der Waals surface area contributed by atoms with Crippen LogP contribution in [0.25, 0.3) is 5.69 Å². The lowest BCUT2D eigenvalue weighted by Crippen LogP contribution is -2.15. The minimum absolute atomic E-state index is 0.0465. The highest BCUT2D eigenvalue weighted by Gasteiger charge is 2.01. The van der Waals surface area contributed by atoms with Crippen molar-refractivity contribution in [3.05, 3.63) is 39.7 Å². The van der Waals surface area contributed by atoms with E-state index in [1.165, 1.54) is 0 Å². The highest BCUT2D eigenvalue weighted by atomic mass is 35.5. The fraction of sp³-hybridized carbons (Fsp3) is 0. The minimum Gasteiger partial charge on any atom is -0.244 e. The van der Waals surface area contributed by atoms with Crippen molar-refractivity contribution in [1.82, 2.24) is 20.2 Å². The summed E-state index contributed by atoms with van der Waals surface area (Å²) in [7, 11) is 0. The lowest BCUT2D eigenvalue weighted by Gasteiger charge is -1.96. The Hall–Kier alpha value is -1.62. The van der Waals surface area contributed by atoms with E-state index in [-0.39, 0.29) is 11.1 Å². The number of aromatic amines is 1. The number of nitrogens with one attached hydrogen (secondary N) is 1. The van der Waals surface area contributed by atoms with Crippen LogP contribution in [-0.2, 0) is 0 Å². The number of rotatable bonds is 1. The van der Waals surface area contributed by atoms with Gasteiger partial charge in [-0.3, -0.25) is 0 Å². The number of aromatic nitrogens is 4. The quantitative estimate of drug-likeness (QED) is 0.730. The Labute approximate surface area is 79.3 Å². The number of tetrazole rings is 1. The molecule has 0 unspecified atom stereocenters. The largest absolute Gasteiger partial charge is 0.365 e. The molecule has 0 aliphatic rings. The van der Waals surface area contributed by atoms with Crippen LogP contribution < -0.4 is 5.69 Å². The van der Waals surface area contributed by atoms with Crippen LogP contribution in [0.15, 0.2) is 29.0 Å². The molecular formula is C7H5ClN4O. The second-order valence-electron chi connectivity index (χ2n) is 2.30. The Morgan fingerprint density at radius 1 is 1.62 bits per heavy atom. The van der Waals surface area contributed by atoms with Gasteiger partial charge in [0.2, 0.25) is 0 Å². The highest BCUT2D eigenvalue weighted by Crippen LogP contribution is 2.11. The molecule has 0 amide bonds. The molecule has 5 nitrogen and oxygen atoms in total. The summed E-state index contributed by atoms with van der Waals surface area (Å²) in [6.45, 7) is 0. The van der Waals surface area contributed by atoms with Gasteiger partial charge >= 0.3 is 5.69 Å². The van der Waals surface area contributed by atoms with Gasteiger partial charge in [-0.25, -0.2) is 9.89 Å². The van der Waals surface area contributed by atoms with Gasteiger partial charge in [0.25, 0.3) is 0 Å². The van der Waals surface area contributed by atoms with Crippen LogP contribution in [0.1, 0.15) is 1.37 Å². The summed E-state index contributed by atoms with van der Waals surface area (Å²) in [5.41, 5.74) is -0.197. The van der Waals surface area contributed by atoms with Gasteiger partial charge in [-0.15, -0.1) is 0 Å². The summed E-state index contributed by atoms with van der Waals surface area (Å²) in [5.74, 6) is 0. The number of halogens is 1. The van der Waals surface area contributed by atoms with Crippen LogP contribution in [-0.4, -0.2) is 20.2 Å². The molecule has 1 aromatic heterocycles. The topological polar surface area (TPSA) is 63.6 Å². The van der Waals surface area contributed by atoms with E-state index in [9.17, 15) is 4.79 Å². The minimum atomic E-state index is -0.499. The fourth-order valence-corrected chi connectivity index (χ4v) is 1.08. The van der Waals surface area contributed by atoms with Crippen LogP contribution in [0.5, 0.6) is 0 Å². The first-order valence-corrected chi connectivity index (χ1v) is 3.84. The van der Waals surface area contributed by atoms with E-state index in [0.29, 0.717) is 5.69 Å². The van der Waals surface area contributed by atoms with Crippen molar-refractivity contribution < 1.29 is 1.37 Å². The van der Waals surface area contributed by atoms with E-state index in [0.717, 1.165) is 4.68 Å². The van der Waals surface area contributed by atoms with E-state index in [1.54, 1.807) is 18.2 Å². The SMILES string of the molecule is [3H]c1c(Cl)cccc1-n1nn[nH]c1=O. The molecule has 0 spiro atoms. The van der Waals surface area contributed by atoms with Crippen LogP contribution in [0.4, 0.5) is 0 Å². The van der Waals surface area contributed by atoms with Crippen LogP contribution in [0.2, 0.25) is 5.02 Å². The molecule has 0 aliphatic heterocycles. The zero-order chi connectivity index (χ0) is 10.1. The van der Waals surface area contributed by atoms with Gasteiger partial charge in [-0.1, -0.05) is 17.7 Å². The van der Waals surface area contributed by atoms with Crippen molar-refractivity contribution in [2.45, 2.75) is 0 Å². The number of benzene rings is 1. The number of hydrogen-bond donors (Lipinski definition) is 1. The predicted octanol–water partition coefficient (Wildman–Crippen LogP) is 0.609. The predicted molar refractivity (Wildman–Crippen MR) is 47.0 cm³/mol. The lowest BCUT2D eigenvalue weighted by molar-refractivity contribution is 0.780. The first kappa shape index (κ1) is 6.85. The molecule has 2 aromatic rings. The maximum absolute atomic E-state index is 11.1. The summed E-state index contributed by atoms with van der Waals surface area (Å²) in [4.78, 5) is 11.1. The standard InChI is InChI=1S/C7H5ClN4O/c8-5-2-1-3-6(4-5)12-7(13)9-10-11-12/h1-4H,(H,9,11,13)/i4T. The molecule has 13 heavy (non-hydrogen) atoms. The molecule has 6 heteroatoms. The monoisotopic (exact) mass is 198 g/mol. The summed E-state index contributed by atoms with van der Waals surface area (Å²) < 4.78 is 8.58. The molecule has 2 rings (SSSR count). The number of H-pyrrole nitrogens is 1. The van der Waals surface area contributed by atoms with Gasteiger partial charge in [0.1, 0.15) is 0 Å². The maximum atomic E-state index is 11.1. The Morgan fingerprint density at radius 3 is 3.15 bits per heavy atom. The average molecular weight is 199 g/mol. The summed E-state index contributed by atoms with van der Waals surface area (Å²) in [6.07, 6.45) is 0. The smallest absolute Gasteiger partial charge is 0.244 e. The Kier molecular flexibility index (Phi) is 1.59. The second-order valence-corrected chi connectivity index (χ2v) is 2.71. The third-order valence-corrected chi connectivity index (χ3v) is 1.66. The van der Waals surface area contributed by atoms with Gasteiger partial charge in [0.05, 0.1) is 7.06 Å². The van der Waals surface area contributed by atoms with Crippen molar-refractivity contribution >= 4 is 11.6 Å². The molecule has 66 valence electrons. The van der Waals surface area contributed by atoms with Gasteiger partial charge in [0, 0.05) is 5.02 Å². The normalized spacial score (nSPS) is 11.3. The van der Waals surface area contributed by atoms with E-state index >= 15 is 0 Å². The molecule has 1 N–H and O–H groups in total. The van der Waals surface area contributed by atoms with E-state index < -0.39 is 5.69 Å². The van der Waals surface area contributed by atoms with Gasteiger partial charge in [-0.05, 0) is 28.6 Å². The van der Waals surface area contributed by atoms with Crippen molar-refractivity contribution in [3.8, 4) is 5.69 Å². The van der Waals surface area contributed by atoms with Crippen molar-refractivity contribution in [2.24, 2.45) is 0 Å². The zero-order valence-corrected chi connectivity index (χ0v) is 7.12. The molecule has 1 heterocycles. The van der Waals surface area contributed by atoms with Crippen LogP contribution in [0, 0.1) is 0 Å². The summed E-state index contributed by atoms with van der Waals surface area (Å²) >= 11 is 5.72. The van der Waals surface area contributed by atoms with E-state index in [1.807, 2.05) is 0 Å². The molecule has 1 aromatic carbocycles. The molecule has 0 fully saturated rings. The molecule has 0 atom stereocenters. The van der Waals surface area contributed by atoms with Crippen molar-refractivity contribution in [3.63, 3.8) is 0 Å². The van der Waals surface area contributed by atoms with Crippen LogP contribution >= 0.6 is 11.6 Å². The molecule has 0 radical (unpaired) electrons. The van der Waals surface area contributed by atoms with Gasteiger partial charge in [-0.2, -0.15) is 4.68 Å². The molecule has 0 aliphatic carbocycles. The number of hydrogen-bond acceptors (Lipinski definition) is 3. The summed E-state index contributed by atoms with van der Waals surface area (Å²) in [5, 5.41) is 9.22. The summed E-state index contributed by atoms with van der Waals surface area (Å²) in [6, 6.07) is 4.82. The van der Waals surface area contributed by atoms with E-state index in [4.69, 9.17) is 13.0 Å². The fourth-order valence-electron chi connectivity index (χ4n) is 0.908. The average Bonchev–Trinajstić information content (AvgIpc) is 2.57. The first-order valence-electron chi connectivity index (χ1n) is 3.96. The maximum Gasteiger partial charge on any atom is 0.365 e. The first-order chi connectivity index (χ1) is 6.70. The molecular weight excluding hydrogens is 192 g/mol. The van der Waals surface area contributed by atoms with Crippen molar-refractivity contribution in [1.29, 1.82) is 0 Å². The molecule has 0 bridgehead atoms. The Balaban J connectivity index is 2.69. The van der Waals surface area contributed by atoms with Crippen LogP contribution in [0.3, 0.4) is 0 Å². The Bertz CT molecular complexity index is 520. The van der Waals surface area contributed by atoms with Gasteiger partial charge < -0.3 is 0 Å². The zero-order valence-electron chi connectivity index (χ0n) is 7.36. The second kappa shape index (κ2) is 3.02. The molecule has 0 saturated heterocycles. The Morgan fingerprint density at radius 2 is 2.46 bits per heavy atom. The van der Waals surface area contributed by atoms with E-state index in [2.05, 4.69) is 15.5 Å². The number of nitrogens with zero attached hydrogens (tertiary/aromatic N) is 3. The van der Waals surface area contributed by atoms with Crippen molar-refractivity contribution in [2.75, 3.05) is 0 Å².